The average molecular weight is 467 g/mol. The van der Waals surface area contributed by atoms with Crippen molar-refractivity contribution in [1.82, 2.24) is 0 Å². The molecule has 0 aliphatic heterocycles. The molecule has 0 atom stereocenters. The van der Waals surface area contributed by atoms with Crippen LogP contribution in [0.3, 0.4) is 0 Å². The van der Waals surface area contributed by atoms with E-state index < -0.39 is 0 Å². The lowest BCUT2D eigenvalue weighted by molar-refractivity contribution is 0.186. The number of hydrogen-bond acceptors (Lipinski definition) is 2. The Labute approximate surface area is 209 Å². The molecule has 0 fully saturated rings. The van der Waals surface area contributed by atoms with Crippen molar-refractivity contribution in [3.8, 4) is 0 Å². The highest BCUT2D eigenvalue weighted by atomic mass is 16.3. The Morgan fingerprint density at radius 2 is 0.444 bits per heavy atom. The van der Waals surface area contributed by atoms with Gasteiger partial charge in [0.25, 0.3) is 0 Å². The summed E-state index contributed by atoms with van der Waals surface area (Å²) >= 11 is 0. The smallest absolute Gasteiger partial charge is 0.0662 e. The van der Waals surface area contributed by atoms with Crippen LogP contribution >= 0.6 is 0 Å². The second-order valence-electron chi connectivity index (χ2n) is 9.03. The molecule has 0 unspecified atom stereocenters. The van der Waals surface area contributed by atoms with Crippen LogP contribution in [0.1, 0.15) is 0 Å². The fraction of sp³-hybridized carbons (Fsp3) is 0.0588. The zero-order chi connectivity index (χ0) is 24.5. The van der Waals surface area contributed by atoms with E-state index in [2.05, 4.69) is 121 Å². The van der Waals surface area contributed by atoms with Gasteiger partial charge in [-0.2, -0.15) is 0 Å². The minimum absolute atomic E-state index is 0.125. The van der Waals surface area contributed by atoms with Crippen molar-refractivity contribution >= 4 is 64.6 Å². The summed E-state index contributed by atoms with van der Waals surface area (Å²) in [5, 5.41) is 31.5. The first-order valence-electron chi connectivity index (χ1n) is 12.3. The molecule has 8 aromatic rings. The predicted octanol–water partition coefficient (Wildman–Crippen LogP) is 8.14. The van der Waals surface area contributed by atoms with E-state index in [0.717, 1.165) is 0 Å². The van der Waals surface area contributed by atoms with Crippen molar-refractivity contribution in [1.29, 1.82) is 0 Å². The van der Waals surface area contributed by atoms with Gasteiger partial charge in [0.05, 0.1) is 13.2 Å². The lowest BCUT2D eigenvalue weighted by Crippen LogP contribution is -1.85. The molecule has 8 rings (SSSR count). The largest absolute Gasteiger partial charge is 0.394 e. The number of benzene rings is 8. The molecule has 0 aromatic heterocycles. The van der Waals surface area contributed by atoms with E-state index in [-0.39, 0.29) is 13.2 Å². The highest BCUT2D eigenvalue weighted by molar-refractivity contribution is 6.23. The fourth-order valence-corrected chi connectivity index (χ4v) is 5.34. The van der Waals surface area contributed by atoms with Gasteiger partial charge in [0, 0.05) is 0 Å². The summed E-state index contributed by atoms with van der Waals surface area (Å²) in [5.41, 5.74) is 0. The summed E-state index contributed by atoms with van der Waals surface area (Å²) in [7, 11) is 0. The van der Waals surface area contributed by atoms with E-state index in [1.165, 1.54) is 64.6 Å². The number of hydrogen-bond donors (Lipinski definition) is 2. The van der Waals surface area contributed by atoms with E-state index in [1.54, 1.807) is 0 Å². The summed E-state index contributed by atoms with van der Waals surface area (Å²) in [6.45, 7) is -0.250. The second-order valence-corrected chi connectivity index (χ2v) is 9.03. The van der Waals surface area contributed by atoms with Crippen LogP contribution in [-0.4, -0.2) is 23.4 Å². The Kier molecular flexibility index (Phi) is 5.82. The Morgan fingerprint density at radius 1 is 0.278 bits per heavy atom. The normalized spacial score (nSPS) is 11.3. The summed E-state index contributed by atoms with van der Waals surface area (Å²) < 4.78 is 0. The van der Waals surface area contributed by atoms with Gasteiger partial charge in [0.1, 0.15) is 0 Å². The summed E-state index contributed by atoms with van der Waals surface area (Å²) in [5.74, 6) is 0. The van der Waals surface area contributed by atoms with Gasteiger partial charge in [0.2, 0.25) is 0 Å². The highest BCUT2D eigenvalue weighted by Gasteiger charge is 2.07. The van der Waals surface area contributed by atoms with Crippen LogP contribution in [0.4, 0.5) is 0 Å². The summed E-state index contributed by atoms with van der Waals surface area (Å²) in [6, 6.07) is 43.7. The molecule has 8 aromatic carbocycles. The highest BCUT2D eigenvalue weighted by Crippen LogP contribution is 2.35. The first-order chi connectivity index (χ1) is 17.8. The average Bonchev–Trinajstić information content (AvgIpc) is 2.95. The standard InChI is InChI=1S/2C16H10.C2H6O2/c2*1-3-11-7-9-13-5-2-6-14-10-8-12(4-1)15(11)16(13)14;3-1-2-4/h2*1-10H;3-4H,1-2H2. The second kappa shape index (κ2) is 9.43. The van der Waals surface area contributed by atoms with E-state index in [1.807, 2.05) is 0 Å². The van der Waals surface area contributed by atoms with Crippen LogP contribution < -0.4 is 0 Å². The third kappa shape index (κ3) is 3.77. The van der Waals surface area contributed by atoms with Gasteiger partial charge >= 0.3 is 0 Å². The van der Waals surface area contributed by atoms with Crippen molar-refractivity contribution in [3.05, 3.63) is 121 Å². The van der Waals surface area contributed by atoms with E-state index in [9.17, 15) is 0 Å². The van der Waals surface area contributed by atoms with E-state index in [0.29, 0.717) is 0 Å². The Morgan fingerprint density at radius 3 is 0.583 bits per heavy atom. The molecule has 0 heterocycles. The lowest BCUT2D eigenvalue weighted by Gasteiger charge is -2.09. The zero-order valence-corrected chi connectivity index (χ0v) is 19.9. The van der Waals surface area contributed by atoms with Crippen molar-refractivity contribution in [2.75, 3.05) is 13.2 Å². The minimum atomic E-state index is -0.125. The molecular weight excluding hydrogens is 440 g/mol. The first kappa shape index (κ1) is 22.2. The van der Waals surface area contributed by atoms with Gasteiger partial charge in [-0.05, 0) is 64.6 Å². The number of aliphatic hydroxyl groups is 2. The Hall–Kier alpha value is -4.24. The molecular formula is C34H26O2. The molecule has 36 heavy (non-hydrogen) atoms. The zero-order valence-electron chi connectivity index (χ0n) is 19.9. The molecule has 0 saturated heterocycles. The van der Waals surface area contributed by atoms with Crippen LogP contribution in [0.2, 0.25) is 0 Å². The molecule has 174 valence electrons. The summed E-state index contributed by atoms with van der Waals surface area (Å²) in [6.07, 6.45) is 0. The van der Waals surface area contributed by atoms with Gasteiger partial charge in [-0.3, -0.25) is 0 Å². The maximum absolute atomic E-state index is 7.62. The van der Waals surface area contributed by atoms with Crippen LogP contribution in [0, 0.1) is 0 Å². The maximum atomic E-state index is 7.62. The monoisotopic (exact) mass is 466 g/mol. The van der Waals surface area contributed by atoms with Gasteiger partial charge in [-0.1, -0.05) is 121 Å². The van der Waals surface area contributed by atoms with Crippen molar-refractivity contribution < 1.29 is 10.2 Å². The fourth-order valence-electron chi connectivity index (χ4n) is 5.34. The third-order valence-corrected chi connectivity index (χ3v) is 6.89. The molecule has 0 aliphatic rings. The van der Waals surface area contributed by atoms with Crippen molar-refractivity contribution in [2.24, 2.45) is 0 Å². The van der Waals surface area contributed by atoms with Crippen molar-refractivity contribution in [2.45, 2.75) is 0 Å². The SMILES string of the molecule is OCCO.c1cc2ccc3cccc4ccc(c1)c2c34.c1cc2ccc3cccc4ccc(c1)c2c34. The molecule has 0 saturated carbocycles. The molecule has 0 amide bonds. The molecule has 0 spiro atoms. The lowest BCUT2D eigenvalue weighted by atomic mass is 9.95. The minimum Gasteiger partial charge on any atom is -0.394 e. The van der Waals surface area contributed by atoms with Gasteiger partial charge < -0.3 is 10.2 Å². The Balaban J connectivity index is 0.000000117. The molecule has 2 N–H and O–H groups in total. The van der Waals surface area contributed by atoms with Gasteiger partial charge in [-0.15, -0.1) is 0 Å². The molecule has 0 bridgehead atoms. The van der Waals surface area contributed by atoms with Gasteiger partial charge in [0.15, 0.2) is 0 Å². The Bertz CT molecular complexity index is 1520. The maximum Gasteiger partial charge on any atom is 0.0662 e. The topological polar surface area (TPSA) is 40.5 Å². The van der Waals surface area contributed by atoms with E-state index in [4.69, 9.17) is 10.2 Å². The first-order valence-corrected chi connectivity index (χ1v) is 12.3. The molecule has 2 nitrogen and oxygen atoms in total. The van der Waals surface area contributed by atoms with Crippen LogP contribution in [-0.2, 0) is 0 Å². The molecule has 0 radical (unpaired) electrons. The molecule has 2 heteroatoms. The summed E-state index contributed by atoms with van der Waals surface area (Å²) in [4.78, 5) is 0. The van der Waals surface area contributed by atoms with Crippen molar-refractivity contribution in [3.63, 3.8) is 0 Å². The van der Waals surface area contributed by atoms with E-state index >= 15 is 0 Å². The van der Waals surface area contributed by atoms with Crippen LogP contribution in [0.25, 0.3) is 64.6 Å². The quantitative estimate of drug-likeness (QED) is 0.240. The van der Waals surface area contributed by atoms with Gasteiger partial charge in [-0.25, -0.2) is 0 Å². The molecule has 0 aliphatic carbocycles. The number of aliphatic hydroxyl groups excluding tert-OH is 2. The van der Waals surface area contributed by atoms with Crippen LogP contribution in [0.15, 0.2) is 121 Å². The van der Waals surface area contributed by atoms with Crippen LogP contribution in [0.5, 0.6) is 0 Å². The number of rotatable bonds is 1. The third-order valence-electron chi connectivity index (χ3n) is 6.89. The predicted molar refractivity (Wildman–Crippen MR) is 154 cm³/mol.